The highest BCUT2D eigenvalue weighted by Gasteiger charge is 2.20. The number of nitrogens with one attached hydrogen (secondary N) is 1. The molecule has 6 heteroatoms. The van der Waals surface area contributed by atoms with Crippen molar-refractivity contribution in [2.75, 3.05) is 49.9 Å². The molecule has 1 saturated heterocycles. The van der Waals surface area contributed by atoms with Crippen molar-refractivity contribution in [3.05, 3.63) is 18.5 Å². The molecule has 0 saturated carbocycles. The normalized spacial score (nSPS) is 16.0. The zero-order chi connectivity index (χ0) is 15.1. The minimum Gasteiger partial charge on any atom is -0.396 e. The lowest BCUT2D eigenvalue weighted by atomic mass is 10.2. The molecule has 116 valence electrons. The van der Waals surface area contributed by atoms with Gasteiger partial charge in [0.05, 0.1) is 24.1 Å². The number of unbranched alkanes of at least 4 members (excludes halogenated alkanes) is 1. The first-order valence-electron chi connectivity index (χ1n) is 7.64. The summed E-state index contributed by atoms with van der Waals surface area (Å²) in [5.74, 6) is 0.125. The Morgan fingerprint density at radius 3 is 2.81 bits per heavy atom. The molecule has 0 unspecified atom stereocenters. The van der Waals surface area contributed by atoms with Crippen LogP contribution in [0.2, 0.25) is 0 Å². The second-order valence-electron chi connectivity index (χ2n) is 5.40. The van der Waals surface area contributed by atoms with Gasteiger partial charge in [-0.15, -0.1) is 0 Å². The molecule has 2 heterocycles. The molecule has 2 rings (SSSR count). The Labute approximate surface area is 126 Å². The maximum Gasteiger partial charge on any atom is 0.234 e. The maximum atomic E-state index is 11.8. The Bertz CT molecular complexity index is 457. The first kappa shape index (κ1) is 15.6. The van der Waals surface area contributed by atoms with Crippen molar-refractivity contribution < 1.29 is 4.79 Å². The number of anilines is 2. The molecule has 1 aromatic heterocycles. The predicted octanol–water partition coefficient (Wildman–Crippen LogP) is 0.702. The Hall–Kier alpha value is -1.82. The van der Waals surface area contributed by atoms with Crippen LogP contribution in [0.25, 0.3) is 0 Å². The van der Waals surface area contributed by atoms with Crippen molar-refractivity contribution in [3.8, 4) is 0 Å². The summed E-state index contributed by atoms with van der Waals surface area (Å²) >= 11 is 0. The molecular formula is C15H25N5O. The van der Waals surface area contributed by atoms with Crippen LogP contribution in [-0.2, 0) is 4.79 Å². The third-order valence-corrected chi connectivity index (χ3v) is 3.76. The van der Waals surface area contributed by atoms with Gasteiger partial charge in [0, 0.05) is 38.9 Å². The number of hydrogen-bond acceptors (Lipinski definition) is 5. The summed E-state index contributed by atoms with van der Waals surface area (Å²) in [6, 6.07) is 1.95. The third kappa shape index (κ3) is 4.60. The van der Waals surface area contributed by atoms with E-state index >= 15 is 0 Å². The van der Waals surface area contributed by atoms with E-state index in [1.165, 1.54) is 0 Å². The average Bonchev–Trinajstić information content (AvgIpc) is 2.49. The number of pyridine rings is 1. The number of rotatable bonds is 6. The van der Waals surface area contributed by atoms with Crippen LogP contribution in [0.15, 0.2) is 18.5 Å². The molecule has 1 aromatic rings. The number of carbonyl (C=O) groups is 1. The molecule has 1 fully saturated rings. The van der Waals surface area contributed by atoms with Crippen LogP contribution in [0.1, 0.15) is 19.8 Å². The monoisotopic (exact) mass is 291 g/mol. The molecule has 1 aliphatic heterocycles. The number of nitrogens with zero attached hydrogens (tertiary/aromatic N) is 3. The topological polar surface area (TPSA) is 74.5 Å². The first-order chi connectivity index (χ1) is 10.2. The number of carbonyl (C=O) groups excluding carboxylic acids is 1. The highest BCUT2D eigenvalue weighted by molar-refractivity contribution is 5.78. The number of nitrogens with two attached hydrogens (primary N) is 1. The number of nitrogen functional groups attached to an aromatic ring is 1. The van der Waals surface area contributed by atoms with Gasteiger partial charge in [-0.3, -0.25) is 14.7 Å². The van der Waals surface area contributed by atoms with Gasteiger partial charge in [-0.25, -0.2) is 0 Å². The molecule has 6 nitrogen and oxygen atoms in total. The molecule has 0 atom stereocenters. The van der Waals surface area contributed by atoms with Crippen molar-refractivity contribution in [3.63, 3.8) is 0 Å². The van der Waals surface area contributed by atoms with E-state index in [0.717, 1.165) is 51.3 Å². The zero-order valence-electron chi connectivity index (χ0n) is 12.7. The molecule has 0 aromatic carbocycles. The molecule has 0 spiro atoms. The van der Waals surface area contributed by atoms with E-state index in [1.807, 2.05) is 6.07 Å². The fourth-order valence-electron chi connectivity index (χ4n) is 2.50. The lowest BCUT2D eigenvalue weighted by Gasteiger charge is -2.36. The minimum absolute atomic E-state index is 0.125. The van der Waals surface area contributed by atoms with Crippen LogP contribution in [0.5, 0.6) is 0 Å². The molecule has 1 amide bonds. The average molecular weight is 291 g/mol. The lowest BCUT2D eigenvalue weighted by molar-refractivity contribution is -0.122. The number of amides is 1. The van der Waals surface area contributed by atoms with Crippen molar-refractivity contribution >= 4 is 17.3 Å². The Morgan fingerprint density at radius 1 is 1.38 bits per heavy atom. The van der Waals surface area contributed by atoms with Gasteiger partial charge in [0.25, 0.3) is 0 Å². The fourth-order valence-corrected chi connectivity index (χ4v) is 2.50. The summed E-state index contributed by atoms with van der Waals surface area (Å²) in [5, 5.41) is 2.96. The van der Waals surface area contributed by atoms with E-state index in [0.29, 0.717) is 12.2 Å². The van der Waals surface area contributed by atoms with E-state index in [2.05, 4.69) is 27.0 Å². The molecular weight excluding hydrogens is 266 g/mol. The van der Waals surface area contributed by atoms with E-state index in [1.54, 1.807) is 12.4 Å². The van der Waals surface area contributed by atoms with Crippen molar-refractivity contribution in [1.29, 1.82) is 0 Å². The van der Waals surface area contributed by atoms with Gasteiger partial charge in [0.15, 0.2) is 0 Å². The van der Waals surface area contributed by atoms with Crippen LogP contribution < -0.4 is 16.0 Å². The summed E-state index contributed by atoms with van der Waals surface area (Å²) in [6.45, 7) is 6.92. The lowest BCUT2D eigenvalue weighted by Crippen LogP contribution is -2.49. The van der Waals surface area contributed by atoms with E-state index in [-0.39, 0.29) is 5.91 Å². The summed E-state index contributed by atoms with van der Waals surface area (Å²) in [7, 11) is 0. The van der Waals surface area contributed by atoms with Gasteiger partial charge in [0.2, 0.25) is 5.91 Å². The standard InChI is InChI=1S/C15H25N5O/c1-2-3-5-18-15(21)12-19-7-9-20(10-8-19)14-4-6-17-11-13(14)16/h4,6,11H,2-3,5,7-10,12,16H2,1H3,(H,18,21). The van der Waals surface area contributed by atoms with Crippen LogP contribution in [0.4, 0.5) is 11.4 Å². The SMILES string of the molecule is CCCCNC(=O)CN1CCN(c2ccncc2N)CC1. The smallest absolute Gasteiger partial charge is 0.234 e. The Balaban J connectivity index is 1.76. The van der Waals surface area contributed by atoms with Gasteiger partial charge < -0.3 is 16.0 Å². The van der Waals surface area contributed by atoms with Gasteiger partial charge in [-0.05, 0) is 12.5 Å². The van der Waals surface area contributed by atoms with Gasteiger partial charge >= 0.3 is 0 Å². The van der Waals surface area contributed by atoms with Crippen LogP contribution in [0, 0.1) is 0 Å². The summed E-state index contributed by atoms with van der Waals surface area (Å²) in [4.78, 5) is 20.3. The largest absolute Gasteiger partial charge is 0.396 e. The Kier molecular flexibility index (Phi) is 5.80. The quantitative estimate of drug-likeness (QED) is 0.755. The molecule has 0 aliphatic carbocycles. The second kappa shape index (κ2) is 7.83. The van der Waals surface area contributed by atoms with Gasteiger partial charge in [-0.2, -0.15) is 0 Å². The molecule has 0 radical (unpaired) electrons. The molecule has 0 bridgehead atoms. The van der Waals surface area contributed by atoms with Gasteiger partial charge in [0.1, 0.15) is 0 Å². The molecule has 3 N–H and O–H groups in total. The highest BCUT2D eigenvalue weighted by Crippen LogP contribution is 2.22. The first-order valence-corrected chi connectivity index (χ1v) is 7.64. The van der Waals surface area contributed by atoms with Crippen LogP contribution in [-0.4, -0.2) is 55.1 Å². The van der Waals surface area contributed by atoms with Crippen molar-refractivity contribution in [1.82, 2.24) is 15.2 Å². The molecule has 1 aliphatic rings. The zero-order valence-corrected chi connectivity index (χ0v) is 12.7. The van der Waals surface area contributed by atoms with Crippen LogP contribution in [0.3, 0.4) is 0 Å². The third-order valence-electron chi connectivity index (χ3n) is 3.76. The van der Waals surface area contributed by atoms with E-state index in [4.69, 9.17) is 5.73 Å². The summed E-state index contributed by atoms with van der Waals surface area (Å²) in [6.07, 6.45) is 5.59. The maximum absolute atomic E-state index is 11.8. The predicted molar refractivity (Wildman–Crippen MR) is 85.2 cm³/mol. The second-order valence-corrected chi connectivity index (χ2v) is 5.40. The number of hydrogen-bond donors (Lipinski definition) is 2. The van der Waals surface area contributed by atoms with Crippen molar-refractivity contribution in [2.24, 2.45) is 0 Å². The summed E-state index contributed by atoms with van der Waals surface area (Å²) < 4.78 is 0. The number of piperazine rings is 1. The van der Waals surface area contributed by atoms with Crippen molar-refractivity contribution in [2.45, 2.75) is 19.8 Å². The van der Waals surface area contributed by atoms with Gasteiger partial charge in [-0.1, -0.05) is 13.3 Å². The highest BCUT2D eigenvalue weighted by atomic mass is 16.2. The Morgan fingerprint density at radius 2 is 2.14 bits per heavy atom. The van der Waals surface area contributed by atoms with E-state index < -0.39 is 0 Å². The minimum atomic E-state index is 0.125. The fraction of sp³-hybridized carbons (Fsp3) is 0.600. The summed E-state index contributed by atoms with van der Waals surface area (Å²) in [5.41, 5.74) is 7.70. The number of aromatic nitrogens is 1. The van der Waals surface area contributed by atoms with Crippen LogP contribution >= 0.6 is 0 Å². The van der Waals surface area contributed by atoms with E-state index in [9.17, 15) is 4.79 Å². The molecule has 21 heavy (non-hydrogen) atoms.